The summed E-state index contributed by atoms with van der Waals surface area (Å²) in [5.74, 6) is -1.29. The fraction of sp³-hybridized carbons (Fsp3) is 0.0625. The van der Waals surface area contributed by atoms with Crippen molar-refractivity contribution in [2.45, 2.75) is 6.10 Å². The van der Waals surface area contributed by atoms with E-state index >= 15 is 0 Å². The third kappa shape index (κ3) is 2.89. The lowest BCUT2D eigenvalue weighted by Crippen LogP contribution is -2.20. The molecule has 0 aliphatic rings. The molecular formula is C16H14O3. The van der Waals surface area contributed by atoms with Crippen molar-refractivity contribution in [3.8, 4) is 11.1 Å². The predicted octanol–water partition coefficient (Wildman–Crippen LogP) is 2.81. The third-order valence-corrected chi connectivity index (χ3v) is 2.93. The van der Waals surface area contributed by atoms with Gasteiger partial charge in [0.2, 0.25) is 0 Å². The molecule has 0 saturated heterocycles. The summed E-state index contributed by atoms with van der Waals surface area (Å²) in [6.45, 7) is 3.62. The van der Waals surface area contributed by atoms with Gasteiger partial charge in [-0.05, 0) is 22.3 Å². The quantitative estimate of drug-likeness (QED) is 0.882. The van der Waals surface area contributed by atoms with Gasteiger partial charge in [0.15, 0.2) is 6.10 Å². The van der Waals surface area contributed by atoms with Crippen molar-refractivity contribution in [1.29, 1.82) is 0 Å². The first-order valence-corrected chi connectivity index (χ1v) is 5.85. The highest BCUT2D eigenvalue weighted by Gasteiger charge is 2.18. The Morgan fingerprint density at radius 2 is 1.47 bits per heavy atom. The van der Waals surface area contributed by atoms with Gasteiger partial charge in [-0.1, -0.05) is 61.2 Å². The number of carboxylic acid groups (broad SMARTS) is 1. The Balaban J connectivity index is 2.24. The standard InChI is InChI=1S/C16H14O3/c1-11(15(17)16(18)19)12-7-9-14(10-8-12)13-5-3-2-4-6-13/h2-10,15,17H,1H2,(H,18,19). The summed E-state index contributed by atoms with van der Waals surface area (Å²) >= 11 is 0. The van der Waals surface area contributed by atoms with Gasteiger partial charge >= 0.3 is 5.97 Å². The molecule has 1 atom stereocenters. The number of hydrogen-bond acceptors (Lipinski definition) is 2. The zero-order valence-corrected chi connectivity index (χ0v) is 10.3. The van der Waals surface area contributed by atoms with E-state index in [9.17, 15) is 9.90 Å². The molecule has 2 rings (SSSR count). The number of aliphatic hydroxyl groups is 1. The van der Waals surface area contributed by atoms with Crippen LogP contribution in [0, 0.1) is 0 Å². The second-order valence-electron chi connectivity index (χ2n) is 4.21. The summed E-state index contributed by atoms with van der Waals surface area (Å²) in [7, 11) is 0. The van der Waals surface area contributed by atoms with Crippen molar-refractivity contribution < 1.29 is 15.0 Å². The van der Waals surface area contributed by atoms with E-state index in [1.807, 2.05) is 42.5 Å². The normalized spacial score (nSPS) is 11.8. The number of aliphatic hydroxyl groups excluding tert-OH is 1. The van der Waals surface area contributed by atoms with E-state index in [1.54, 1.807) is 12.1 Å². The summed E-state index contributed by atoms with van der Waals surface area (Å²) in [6, 6.07) is 17.1. The van der Waals surface area contributed by atoms with Crippen LogP contribution in [0.25, 0.3) is 16.7 Å². The Bertz CT molecular complexity index is 585. The molecule has 0 fully saturated rings. The minimum Gasteiger partial charge on any atom is -0.479 e. The Hall–Kier alpha value is -2.39. The van der Waals surface area contributed by atoms with Gasteiger partial charge in [0.05, 0.1) is 0 Å². The van der Waals surface area contributed by atoms with Crippen LogP contribution in [0.15, 0.2) is 61.2 Å². The number of benzene rings is 2. The van der Waals surface area contributed by atoms with Crippen molar-refractivity contribution in [2.24, 2.45) is 0 Å². The Morgan fingerprint density at radius 3 is 2.00 bits per heavy atom. The topological polar surface area (TPSA) is 57.5 Å². The molecule has 0 aromatic heterocycles. The first kappa shape index (κ1) is 13.1. The maximum absolute atomic E-state index is 10.7. The van der Waals surface area contributed by atoms with E-state index in [2.05, 4.69) is 6.58 Å². The molecule has 0 aliphatic carbocycles. The second-order valence-corrected chi connectivity index (χ2v) is 4.21. The summed E-state index contributed by atoms with van der Waals surface area (Å²) < 4.78 is 0. The Morgan fingerprint density at radius 1 is 0.947 bits per heavy atom. The summed E-state index contributed by atoms with van der Waals surface area (Å²) in [4.78, 5) is 10.7. The number of aliphatic carboxylic acids is 1. The average molecular weight is 254 g/mol. The van der Waals surface area contributed by atoms with Crippen molar-refractivity contribution in [1.82, 2.24) is 0 Å². The van der Waals surface area contributed by atoms with E-state index in [1.165, 1.54) is 0 Å². The van der Waals surface area contributed by atoms with E-state index in [4.69, 9.17) is 5.11 Å². The van der Waals surface area contributed by atoms with Gasteiger partial charge in [0.25, 0.3) is 0 Å². The molecule has 96 valence electrons. The molecule has 3 heteroatoms. The van der Waals surface area contributed by atoms with Crippen LogP contribution in [0.5, 0.6) is 0 Å². The molecule has 0 radical (unpaired) electrons. The summed E-state index contributed by atoms with van der Waals surface area (Å²) in [5.41, 5.74) is 2.92. The van der Waals surface area contributed by atoms with Gasteiger partial charge in [-0.25, -0.2) is 4.79 Å². The third-order valence-electron chi connectivity index (χ3n) is 2.93. The zero-order chi connectivity index (χ0) is 13.8. The zero-order valence-electron chi connectivity index (χ0n) is 10.3. The average Bonchev–Trinajstić information content (AvgIpc) is 2.46. The maximum atomic E-state index is 10.7. The smallest absolute Gasteiger partial charge is 0.337 e. The number of carboxylic acids is 1. The SMILES string of the molecule is C=C(c1ccc(-c2ccccc2)cc1)C(O)C(=O)O. The van der Waals surface area contributed by atoms with E-state index in [-0.39, 0.29) is 5.57 Å². The molecule has 19 heavy (non-hydrogen) atoms. The summed E-state index contributed by atoms with van der Waals surface area (Å²) in [6.07, 6.45) is -1.57. The molecule has 3 nitrogen and oxygen atoms in total. The maximum Gasteiger partial charge on any atom is 0.337 e. The number of carbonyl (C=O) groups is 1. The highest BCUT2D eigenvalue weighted by molar-refractivity contribution is 5.89. The molecule has 2 aromatic rings. The highest BCUT2D eigenvalue weighted by atomic mass is 16.4. The van der Waals surface area contributed by atoms with Crippen LogP contribution in [0.2, 0.25) is 0 Å². The molecule has 0 aliphatic heterocycles. The van der Waals surface area contributed by atoms with Gasteiger partial charge < -0.3 is 10.2 Å². The lowest BCUT2D eigenvalue weighted by molar-refractivity contribution is -0.143. The second kappa shape index (κ2) is 5.50. The molecule has 0 spiro atoms. The Labute approximate surface area is 111 Å². The molecular weight excluding hydrogens is 240 g/mol. The molecule has 0 amide bonds. The van der Waals surface area contributed by atoms with Crippen LogP contribution in [0.1, 0.15) is 5.56 Å². The van der Waals surface area contributed by atoms with Crippen molar-refractivity contribution in [2.75, 3.05) is 0 Å². The van der Waals surface area contributed by atoms with Crippen LogP contribution in [0.3, 0.4) is 0 Å². The van der Waals surface area contributed by atoms with Gasteiger partial charge in [-0.3, -0.25) is 0 Å². The van der Waals surface area contributed by atoms with Crippen LogP contribution in [-0.4, -0.2) is 22.3 Å². The minimum atomic E-state index is -1.57. The van der Waals surface area contributed by atoms with Crippen LogP contribution >= 0.6 is 0 Å². The van der Waals surface area contributed by atoms with E-state index in [0.717, 1.165) is 11.1 Å². The van der Waals surface area contributed by atoms with Crippen molar-refractivity contribution in [3.63, 3.8) is 0 Å². The fourth-order valence-electron chi connectivity index (χ4n) is 1.81. The molecule has 2 N–H and O–H groups in total. The van der Waals surface area contributed by atoms with Gasteiger partial charge in [0.1, 0.15) is 0 Å². The van der Waals surface area contributed by atoms with Crippen molar-refractivity contribution in [3.05, 3.63) is 66.7 Å². The Kier molecular flexibility index (Phi) is 3.78. The highest BCUT2D eigenvalue weighted by Crippen LogP contribution is 2.23. The number of rotatable bonds is 4. The van der Waals surface area contributed by atoms with Gasteiger partial charge in [-0.15, -0.1) is 0 Å². The van der Waals surface area contributed by atoms with E-state index in [0.29, 0.717) is 5.56 Å². The monoisotopic (exact) mass is 254 g/mol. The fourth-order valence-corrected chi connectivity index (χ4v) is 1.81. The van der Waals surface area contributed by atoms with E-state index < -0.39 is 12.1 Å². The van der Waals surface area contributed by atoms with Gasteiger partial charge in [-0.2, -0.15) is 0 Å². The lowest BCUT2D eigenvalue weighted by Gasteiger charge is -2.10. The first-order chi connectivity index (χ1) is 9.09. The summed E-state index contributed by atoms with van der Waals surface area (Å²) in [5, 5.41) is 18.2. The van der Waals surface area contributed by atoms with Gasteiger partial charge in [0, 0.05) is 0 Å². The largest absolute Gasteiger partial charge is 0.479 e. The molecule has 0 bridgehead atoms. The van der Waals surface area contributed by atoms with Crippen molar-refractivity contribution >= 4 is 11.5 Å². The minimum absolute atomic E-state index is 0.187. The molecule has 1 unspecified atom stereocenters. The number of hydrogen-bond donors (Lipinski definition) is 2. The van der Waals surface area contributed by atoms with Crippen LogP contribution in [0.4, 0.5) is 0 Å². The first-order valence-electron chi connectivity index (χ1n) is 5.85. The molecule has 0 heterocycles. The van der Waals surface area contributed by atoms with Crippen LogP contribution in [-0.2, 0) is 4.79 Å². The lowest BCUT2D eigenvalue weighted by atomic mass is 9.98. The van der Waals surface area contributed by atoms with Crippen LogP contribution < -0.4 is 0 Å². The molecule has 0 saturated carbocycles. The predicted molar refractivity (Wildman–Crippen MR) is 74.6 cm³/mol. The molecule has 2 aromatic carbocycles.